The summed E-state index contributed by atoms with van der Waals surface area (Å²) in [6, 6.07) is 90.0. The van der Waals surface area contributed by atoms with Crippen molar-refractivity contribution < 1.29 is 52.2 Å². The first-order valence-electron chi connectivity index (χ1n) is 29.7. The molecule has 0 amide bonds. The summed E-state index contributed by atoms with van der Waals surface area (Å²) in [5.41, 5.74) is 8.88. The third kappa shape index (κ3) is 15.9. The van der Waals surface area contributed by atoms with Crippen molar-refractivity contribution in [2.45, 2.75) is 71.5 Å². The van der Waals surface area contributed by atoms with Crippen LogP contribution in [-0.2, 0) is 64.0 Å². The third-order valence-corrected chi connectivity index (χ3v) is 14.9. The van der Waals surface area contributed by atoms with Gasteiger partial charge in [0.05, 0.1) is 0 Å². The zero-order valence-electron chi connectivity index (χ0n) is 49.1. The Kier molecular flexibility index (Phi) is 19.4. The standard InChI is InChI=1S/C78H66O11/c79-78(67-46-71(83-51-59-31-15-4-16-32-59)72(84-52-60-33-17-5-18-34-60)47-69(67)82-50-58-29-13-3-14-30-58)89-75-45-66-68(81-49-57-27-11-2-12-28-57)43-65(80-48-56-25-9-1-10-26-56)44-70(66)88-76(75)64-41-73(85-53-61-35-19-6-20-36-61)77(87-55-63-39-23-8-24-40-63)74(42-64)86-54-62-37-21-7-22-38-62/h1-44,46-47,75-76H,45,48-55H2/t75-,76+/m1/s1. The Hall–Kier alpha value is -10.9. The topological polar surface area (TPSA) is 109 Å². The number of fused-ring (bicyclic) bond motifs is 1. The lowest BCUT2D eigenvalue weighted by Gasteiger charge is -2.35. The van der Waals surface area contributed by atoms with Gasteiger partial charge in [-0.15, -0.1) is 0 Å². The van der Waals surface area contributed by atoms with Crippen molar-refractivity contribution in [3.05, 3.63) is 340 Å². The molecule has 11 aromatic rings. The van der Waals surface area contributed by atoms with Gasteiger partial charge in [0.25, 0.3) is 0 Å². The molecule has 1 heterocycles. The molecular formula is C78H66O11. The van der Waals surface area contributed by atoms with Gasteiger partial charge in [-0.05, 0) is 56.6 Å². The summed E-state index contributed by atoms with van der Waals surface area (Å²) >= 11 is 0. The van der Waals surface area contributed by atoms with Crippen molar-refractivity contribution in [2.75, 3.05) is 0 Å². The molecule has 0 bridgehead atoms. The van der Waals surface area contributed by atoms with E-state index in [1.807, 2.05) is 267 Å². The molecule has 11 heteroatoms. The van der Waals surface area contributed by atoms with Gasteiger partial charge in [0.1, 0.15) is 87.5 Å². The van der Waals surface area contributed by atoms with Crippen LogP contribution in [0.3, 0.4) is 0 Å². The first kappa shape index (κ1) is 58.5. The summed E-state index contributed by atoms with van der Waals surface area (Å²) in [5, 5.41) is 0. The van der Waals surface area contributed by atoms with E-state index in [2.05, 4.69) is 0 Å². The molecule has 2 atom stereocenters. The van der Waals surface area contributed by atoms with E-state index in [0.717, 1.165) is 44.5 Å². The van der Waals surface area contributed by atoms with Crippen LogP contribution in [0, 0.1) is 0 Å². The molecule has 444 valence electrons. The first-order chi connectivity index (χ1) is 44.0. The minimum atomic E-state index is -1.03. The number of hydrogen-bond acceptors (Lipinski definition) is 11. The Bertz CT molecular complexity index is 3940. The Labute approximate surface area is 519 Å². The molecular weight excluding hydrogens is 1110 g/mol. The minimum Gasteiger partial charge on any atom is -0.489 e. The molecule has 1 aliphatic rings. The lowest BCUT2D eigenvalue weighted by molar-refractivity contribution is -0.0193. The summed E-state index contributed by atoms with van der Waals surface area (Å²) in [4.78, 5) is 15.8. The first-order valence-corrected chi connectivity index (χ1v) is 29.7. The second-order valence-electron chi connectivity index (χ2n) is 21.4. The summed E-state index contributed by atoms with van der Waals surface area (Å²) in [5.74, 6) is 2.88. The number of esters is 1. The molecule has 0 saturated carbocycles. The van der Waals surface area contributed by atoms with Crippen LogP contribution in [0.4, 0.5) is 0 Å². The largest absolute Gasteiger partial charge is 0.489 e. The zero-order chi connectivity index (χ0) is 60.2. The summed E-state index contributed by atoms with van der Waals surface area (Å²) < 4.78 is 67.9. The Morgan fingerprint density at radius 1 is 0.326 bits per heavy atom. The average molecular weight is 1180 g/mol. The van der Waals surface area contributed by atoms with E-state index in [-0.39, 0.29) is 70.6 Å². The fraction of sp³-hybridized carbons (Fsp3) is 0.141. The summed E-state index contributed by atoms with van der Waals surface area (Å²) in [6.45, 7) is 1.70. The molecule has 0 spiro atoms. The predicted molar refractivity (Wildman–Crippen MR) is 342 cm³/mol. The van der Waals surface area contributed by atoms with Gasteiger partial charge in [-0.2, -0.15) is 0 Å². The highest BCUT2D eigenvalue weighted by molar-refractivity contribution is 5.94. The van der Waals surface area contributed by atoms with Gasteiger partial charge in [-0.1, -0.05) is 243 Å². The molecule has 0 N–H and O–H groups in total. The van der Waals surface area contributed by atoms with Crippen molar-refractivity contribution in [1.82, 2.24) is 0 Å². The van der Waals surface area contributed by atoms with Gasteiger partial charge in [0, 0.05) is 41.8 Å². The number of carbonyl (C=O) groups is 1. The molecule has 11 nitrogen and oxygen atoms in total. The van der Waals surface area contributed by atoms with Crippen molar-refractivity contribution in [3.63, 3.8) is 0 Å². The molecule has 0 saturated heterocycles. The minimum absolute atomic E-state index is 0.106. The molecule has 11 aromatic carbocycles. The van der Waals surface area contributed by atoms with Gasteiger partial charge in [0.2, 0.25) is 5.75 Å². The molecule has 1 aliphatic heterocycles. The Morgan fingerprint density at radius 2 is 0.652 bits per heavy atom. The van der Waals surface area contributed by atoms with E-state index in [9.17, 15) is 0 Å². The molecule has 89 heavy (non-hydrogen) atoms. The van der Waals surface area contributed by atoms with Crippen molar-refractivity contribution in [1.29, 1.82) is 0 Å². The van der Waals surface area contributed by atoms with Crippen LogP contribution in [0.5, 0.6) is 51.7 Å². The van der Waals surface area contributed by atoms with E-state index in [0.29, 0.717) is 57.1 Å². The number of carbonyl (C=O) groups excluding carboxylic acids is 1. The van der Waals surface area contributed by atoms with Crippen LogP contribution in [0.15, 0.2) is 279 Å². The van der Waals surface area contributed by atoms with Crippen molar-refractivity contribution >= 4 is 5.97 Å². The van der Waals surface area contributed by atoms with E-state index in [1.165, 1.54) is 0 Å². The van der Waals surface area contributed by atoms with Gasteiger partial charge < -0.3 is 47.4 Å². The number of hydrogen-bond donors (Lipinski definition) is 0. The number of benzene rings is 11. The second kappa shape index (κ2) is 29.5. The van der Waals surface area contributed by atoms with Crippen LogP contribution >= 0.6 is 0 Å². The van der Waals surface area contributed by atoms with Crippen molar-refractivity contribution in [2.24, 2.45) is 0 Å². The maximum absolute atomic E-state index is 15.8. The molecule has 0 unspecified atom stereocenters. The summed E-state index contributed by atoms with van der Waals surface area (Å²) in [7, 11) is 0. The highest BCUT2D eigenvalue weighted by atomic mass is 16.6. The fourth-order valence-corrected chi connectivity index (χ4v) is 10.3. The fourth-order valence-electron chi connectivity index (χ4n) is 10.3. The van der Waals surface area contributed by atoms with Gasteiger partial charge in [0.15, 0.2) is 29.1 Å². The maximum Gasteiger partial charge on any atom is 0.342 e. The second-order valence-corrected chi connectivity index (χ2v) is 21.4. The zero-order valence-corrected chi connectivity index (χ0v) is 49.1. The lowest BCUT2D eigenvalue weighted by atomic mass is 9.93. The van der Waals surface area contributed by atoms with E-state index < -0.39 is 18.2 Å². The van der Waals surface area contributed by atoms with Gasteiger partial charge in [-0.25, -0.2) is 4.79 Å². The van der Waals surface area contributed by atoms with E-state index >= 15 is 4.79 Å². The Morgan fingerprint density at radius 3 is 1.04 bits per heavy atom. The Balaban J connectivity index is 0.984. The van der Waals surface area contributed by atoms with E-state index in [4.69, 9.17) is 47.4 Å². The summed E-state index contributed by atoms with van der Waals surface area (Å²) in [6.07, 6.45) is -1.90. The molecule has 0 aliphatic carbocycles. The average Bonchev–Trinajstić information content (AvgIpc) is 1.39. The van der Waals surface area contributed by atoms with Gasteiger partial charge in [-0.3, -0.25) is 0 Å². The van der Waals surface area contributed by atoms with Gasteiger partial charge >= 0.3 is 5.97 Å². The lowest BCUT2D eigenvalue weighted by Crippen LogP contribution is -2.35. The number of rotatable bonds is 27. The monoisotopic (exact) mass is 1180 g/mol. The van der Waals surface area contributed by atoms with Crippen molar-refractivity contribution in [3.8, 4) is 51.7 Å². The van der Waals surface area contributed by atoms with Crippen LogP contribution < -0.4 is 42.6 Å². The molecule has 12 rings (SSSR count). The molecule has 0 aromatic heterocycles. The third-order valence-electron chi connectivity index (χ3n) is 14.9. The van der Waals surface area contributed by atoms with Crippen LogP contribution in [-0.4, -0.2) is 12.1 Å². The van der Waals surface area contributed by atoms with Crippen LogP contribution in [0.1, 0.15) is 72.1 Å². The van der Waals surface area contributed by atoms with Crippen LogP contribution in [0.25, 0.3) is 0 Å². The highest BCUT2D eigenvalue weighted by Crippen LogP contribution is 2.49. The molecule has 0 radical (unpaired) electrons. The maximum atomic E-state index is 15.8. The quantitative estimate of drug-likeness (QED) is 0.0459. The SMILES string of the molecule is O=C(O[C@@H]1Cc2c(OCc3ccccc3)cc(OCc3ccccc3)cc2O[C@H]1c1cc(OCc2ccccc2)c(OCc2ccccc2)c(OCc2ccccc2)c1)c1cc(OCc2ccccc2)c(OCc2ccccc2)cc1OCc1ccccc1. The van der Waals surface area contributed by atoms with Crippen LogP contribution in [0.2, 0.25) is 0 Å². The smallest absolute Gasteiger partial charge is 0.342 e. The number of ether oxygens (including phenoxy) is 10. The highest BCUT2D eigenvalue weighted by Gasteiger charge is 2.39. The predicted octanol–water partition coefficient (Wildman–Crippen LogP) is 17.2. The normalized spacial score (nSPS) is 13.2. The van der Waals surface area contributed by atoms with E-state index in [1.54, 1.807) is 12.1 Å². The molecule has 0 fully saturated rings.